The van der Waals surface area contributed by atoms with E-state index >= 15 is 0 Å². The Bertz CT molecular complexity index is 917. The van der Waals surface area contributed by atoms with Crippen LogP contribution in [0, 0.1) is 40.4 Å². The second-order valence-corrected chi connectivity index (χ2v) is 19.9. The molecule has 0 aromatic heterocycles. The molecule has 0 aliphatic heterocycles. The number of allylic oxidation sites excluding steroid dienone is 1. The third-order valence-electron chi connectivity index (χ3n) is 11.9. The van der Waals surface area contributed by atoms with Crippen molar-refractivity contribution >= 4 is 8.32 Å². The number of hydrogen-bond donors (Lipinski definition) is 0. The summed E-state index contributed by atoms with van der Waals surface area (Å²) in [7, 11) is -1.78. The molecule has 3 aliphatic rings. The maximum absolute atomic E-state index is 6.96. The molecule has 2 nitrogen and oxygen atoms in total. The van der Waals surface area contributed by atoms with Gasteiger partial charge in [0, 0.05) is 6.61 Å². The molecule has 0 spiro atoms. The second kappa shape index (κ2) is 10.9. The summed E-state index contributed by atoms with van der Waals surface area (Å²) in [6.45, 7) is 26.7. The number of ether oxygens (including phenoxy) is 1. The van der Waals surface area contributed by atoms with Gasteiger partial charge in [0.05, 0.1) is 13.2 Å². The van der Waals surface area contributed by atoms with Gasteiger partial charge in [-0.2, -0.15) is 0 Å². The van der Waals surface area contributed by atoms with Gasteiger partial charge in [-0.1, -0.05) is 90.4 Å². The molecule has 0 unspecified atom stereocenters. The van der Waals surface area contributed by atoms with Crippen molar-refractivity contribution < 1.29 is 9.16 Å². The highest BCUT2D eigenvalue weighted by Crippen LogP contribution is 2.64. The van der Waals surface area contributed by atoms with Crippen molar-refractivity contribution in [2.75, 3.05) is 13.2 Å². The van der Waals surface area contributed by atoms with Crippen molar-refractivity contribution in [3.05, 3.63) is 48.0 Å². The molecule has 1 aromatic carbocycles. The van der Waals surface area contributed by atoms with E-state index in [2.05, 4.69) is 91.5 Å². The van der Waals surface area contributed by atoms with E-state index in [1.165, 1.54) is 56.1 Å². The summed E-state index contributed by atoms with van der Waals surface area (Å²) in [5.41, 5.74) is 3.40. The Kier molecular flexibility index (Phi) is 8.59. The Balaban J connectivity index is 1.58. The molecule has 0 bridgehead atoms. The van der Waals surface area contributed by atoms with Gasteiger partial charge in [-0.15, -0.1) is 0 Å². The van der Waals surface area contributed by atoms with Crippen LogP contribution in [0.3, 0.4) is 0 Å². The van der Waals surface area contributed by atoms with E-state index in [4.69, 9.17) is 9.16 Å². The minimum atomic E-state index is -1.78. The summed E-state index contributed by atoms with van der Waals surface area (Å²) < 4.78 is 13.5. The molecule has 37 heavy (non-hydrogen) atoms. The Morgan fingerprint density at radius 2 is 1.68 bits per heavy atom. The Morgan fingerprint density at radius 1 is 0.973 bits per heavy atom. The van der Waals surface area contributed by atoms with Gasteiger partial charge in [0.25, 0.3) is 0 Å². The van der Waals surface area contributed by atoms with E-state index in [-0.39, 0.29) is 5.04 Å². The second-order valence-electron chi connectivity index (χ2n) is 15.1. The molecular formula is C34H56O2Si. The highest BCUT2D eigenvalue weighted by molar-refractivity contribution is 6.74. The van der Waals surface area contributed by atoms with E-state index in [0.29, 0.717) is 34.5 Å². The van der Waals surface area contributed by atoms with Gasteiger partial charge < -0.3 is 9.16 Å². The van der Waals surface area contributed by atoms with Gasteiger partial charge in [0.1, 0.15) is 0 Å². The first-order valence-corrected chi connectivity index (χ1v) is 18.1. The average Bonchev–Trinajstić information content (AvgIpc) is 3.14. The molecule has 3 fully saturated rings. The molecule has 208 valence electrons. The van der Waals surface area contributed by atoms with Crippen LogP contribution in [0.25, 0.3) is 0 Å². The summed E-state index contributed by atoms with van der Waals surface area (Å²) in [5.74, 6) is 3.45. The molecule has 3 saturated carbocycles. The zero-order valence-electron chi connectivity index (χ0n) is 25.4. The molecule has 1 aromatic rings. The fourth-order valence-corrected chi connectivity index (χ4v) is 9.09. The topological polar surface area (TPSA) is 18.5 Å². The highest BCUT2D eigenvalue weighted by Gasteiger charge is 2.57. The standard InChI is InChI=1S/C34H56O2Si/c1-25-17-19-34(7,28(21-25)23-36-37(8,9)32(3,4)5)31-18-20-33(6)26(2)15-16-30(33)29(31)24-35-22-27-13-11-10-12-14-27/h10-14,25,28-31H,2,15-24H2,1,3-9H3/t25-,28+,29-,30-,31-,33+,34-/m0/s1. The monoisotopic (exact) mass is 524 g/mol. The minimum absolute atomic E-state index is 0.258. The molecule has 0 amide bonds. The van der Waals surface area contributed by atoms with Gasteiger partial charge >= 0.3 is 0 Å². The Labute approximate surface area is 230 Å². The van der Waals surface area contributed by atoms with Crippen LogP contribution in [-0.2, 0) is 15.8 Å². The van der Waals surface area contributed by atoms with Crippen LogP contribution in [0.1, 0.15) is 92.1 Å². The lowest BCUT2D eigenvalue weighted by molar-refractivity contribution is -0.102. The maximum atomic E-state index is 6.96. The predicted octanol–water partition coefficient (Wildman–Crippen LogP) is 9.67. The van der Waals surface area contributed by atoms with Crippen molar-refractivity contribution in [2.45, 2.75) is 111 Å². The number of fused-ring (bicyclic) bond motifs is 1. The normalized spacial score (nSPS) is 37.0. The summed E-state index contributed by atoms with van der Waals surface area (Å²) in [6.07, 6.45) is 9.12. The zero-order valence-corrected chi connectivity index (χ0v) is 26.4. The lowest BCUT2D eigenvalue weighted by Crippen LogP contribution is -2.52. The number of rotatable bonds is 8. The van der Waals surface area contributed by atoms with E-state index in [1.807, 2.05) is 0 Å². The average molecular weight is 525 g/mol. The van der Waals surface area contributed by atoms with Crippen LogP contribution in [0.5, 0.6) is 0 Å². The van der Waals surface area contributed by atoms with Gasteiger partial charge in [-0.3, -0.25) is 0 Å². The lowest BCUT2D eigenvalue weighted by Gasteiger charge is -2.57. The first-order chi connectivity index (χ1) is 17.3. The van der Waals surface area contributed by atoms with Crippen LogP contribution in [0.15, 0.2) is 42.5 Å². The van der Waals surface area contributed by atoms with Gasteiger partial charge in [0.2, 0.25) is 0 Å². The maximum Gasteiger partial charge on any atom is 0.191 e. The van der Waals surface area contributed by atoms with Crippen LogP contribution in [0.4, 0.5) is 0 Å². The Morgan fingerprint density at radius 3 is 2.35 bits per heavy atom. The first kappa shape index (κ1) is 29.1. The first-order valence-electron chi connectivity index (χ1n) is 15.2. The molecule has 0 N–H and O–H groups in total. The fraction of sp³-hybridized carbons (Fsp3) is 0.765. The highest BCUT2D eigenvalue weighted by atomic mass is 28.4. The quantitative estimate of drug-likeness (QED) is 0.249. The molecule has 0 radical (unpaired) electrons. The third kappa shape index (κ3) is 5.85. The lowest BCUT2D eigenvalue weighted by atomic mass is 9.49. The molecular weight excluding hydrogens is 468 g/mol. The smallest absolute Gasteiger partial charge is 0.191 e. The molecule has 4 rings (SSSR count). The molecule has 0 heterocycles. The summed E-state index contributed by atoms with van der Waals surface area (Å²) in [4.78, 5) is 0. The molecule has 3 heteroatoms. The van der Waals surface area contributed by atoms with E-state index in [9.17, 15) is 0 Å². The molecule has 3 aliphatic carbocycles. The van der Waals surface area contributed by atoms with Gasteiger partial charge in [-0.25, -0.2) is 0 Å². The summed E-state index contributed by atoms with van der Waals surface area (Å²) in [5, 5.41) is 0.258. The van der Waals surface area contributed by atoms with Crippen molar-refractivity contribution in [1.82, 2.24) is 0 Å². The SMILES string of the molecule is C=C1CC[C@H]2[C@H](COCc3ccccc3)[C@@H]([C@@]3(C)CC[C@H](C)C[C@@H]3CO[Si](C)(C)C(C)(C)C)CC[C@]12C. The van der Waals surface area contributed by atoms with Crippen molar-refractivity contribution in [3.63, 3.8) is 0 Å². The fourth-order valence-electron chi connectivity index (χ4n) is 8.04. The van der Waals surface area contributed by atoms with Crippen molar-refractivity contribution in [1.29, 1.82) is 0 Å². The van der Waals surface area contributed by atoms with Crippen molar-refractivity contribution in [3.8, 4) is 0 Å². The van der Waals surface area contributed by atoms with E-state index < -0.39 is 8.32 Å². The van der Waals surface area contributed by atoms with Crippen LogP contribution in [0.2, 0.25) is 18.1 Å². The Hall–Kier alpha value is -0.903. The number of benzene rings is 1. The van der Waals surface area contributed by atoms with Gasteiger partial charge in [-0.05, 0) is 103 Å². The minimum Gasteiger partial charge on any atom is -0.417 e. The van der Waals surface area contributed by atoms with E-state index in [0.717, 1.165) is 25.7 Å². The largest absolute Gasteiger partial charge is 0.417 e. The van der Waals surface area contributed by atoms with Crippen LogP contribution < -0.4 is 0 Å². The van der Waals surface area contributed by atoms with Crippen LogP contribution in [-0.4, -0.2) is 21.5 Å². The van der Waals surface area contributed by atoms with E-state index in [1.54, 1.807) is 0 Å². The molecule has 0 saturated heterocycles. The summed E-state index contributed by atoms with van der Waals surface area (Å²) in [6, 6.07) is 10.7. The zero-order chi connectivity index (χ0) is 27.1. The summed E-state index contributed by atoms with van der Waals surface area (Å²) >= 11 is 0. The van der Waals surface area contributed by atoms with Crippen molar-refractivity contribution in [2.24, 2.45) is 40.4 Å². The predicted molar refractivity (Wildman–Crippen MR) is 160 cm³/mol. The van der Waals surface area contributed by atoms with Crippen LogP contribution >= 0.6 is 0 Å². The van der Waals surface area contributed by atoms with Gasteiger partial charge in [0.15, 0.2) is 8.32 Å². The number of hydrogen-bond acceptors (Lipinski definition) is 2. The third-order valence-corrected chi connectivity index (χ3v) is 16.4. The molecule has 7 atom stereocenters.